The second-order valence-electron chi connectivity index (χ2n) is 7.00. The van der Waals surface area contributed by atoms with Gasteiger partial charge in [0.2, 0.25) is 15.0 Å². The minimum Gasteiger partial charge on any atom is -0.486 e. The second-order valence-corrected chi connectivity index (χ2v) is 8.91. The van der Waals surface area contributed by atoms with E-state index in [9.17, 15) is 8.42 Å². The number of rotatable bonds is 9. The zero-order valence-corrected chi connectivity index (χ0v) is 17.3. The number of imidazole rings is 1. The van der Waals surface area contributed by atoms with E-state index < -0.39 is 9.84 Å². The van der Waals surface area contributed by atoms with Crippen LogP contribution < -0.4 is 9.47 Å². The minimum atomic E-state index is -3.40. The van der Waals surface area contributed by atoms with Crippen LogP contribution in [0.5, 0.6) is 11.5 Å². The van der Waals surface area contributed by atoms with Crippen LogP contribution in [-0.4, -0.2) is 69.1 Å². The van der Waals surface area contributed by atoms with Crippen LogP contribution in [-0.2, 0) is 27.7 Å². The van der Waals surface area contributed by atoms with Gasteiger partial charge in [-0.2, -0.15) is 0 Å². The summed E-state index contributed by atoms with van der Waals surface area (Å²) in [7, 11) is 0.200. The van der Waals surface area contributed by atoms with Crippen molar-refractivity contribution in [2.75, 3.05) is 40.2 Å². The van der Waals surface area contributed by atoms with Gasteiger partial charge < -0.3 is 18.8 Å². The van der Waals surface area contributed by atoms with Gasteiger partial charge in [0.15, 0.2) is 11.5 Å². The molecular weight excluding hydrogens is 382 g/mol. The summed E-state index contributed by atoms with van der Waals surface area (Å²) in [6.07, 6.45) is 3.43. The molecule has 1 atom stereocenters. The molecule has 0 aliphatic carbocycles. The standard InChI is InChI=1S/C19H27N3O5S/c1-21(13-16-14-26-17-7-4-5-8-18(17)27-16)12-15-11-20-19(28(3,23)24)22(15)9-6-10-25-2/h4-5,7-8,11,16H,6,9-10,12-14H2,1-3H3. The largest absolute Gasteiger partial charge is 0.486 e. The molecule has 1 aliphatic heterocycles. The summed E-state index contributed by atoms with van der Waals surface area (Å²) in [5, 5.41) is 0.0955. The lowest BCUT2D eigenvalue weighted by molar-refractivity contribution is 0.0632. The van der Waals surface area contributed by atoms with Crippen molar-refractivity contribution >= 4 is 9.84 Å². The molecule has 0 saturated carbocycles. The first-order valence-electron chi connectivity index (χ1n) is 9.19. The zero-order valence-electron chi connectivity index (χ0n) is 16.5. The molecular formula is C19H27N3O5S. The van der Waals surface area contributed by atoms with Gasteiger partial charge >= 0.3 is 0 Å². The molecule has 0 amide bonds. The van der Waals surface area contributed by atoms with E-state index >= 15 is 0 Å². The van der Waals surface area contributed by atoms with E-state index in [1.54, 1.807) is 17.9 Å². The van der Waals surface area contributed by atoms with Crippen molar-refractivity contribution in [1.29, 1.82) is 0 Å². The van der Waals surface area contributed by atoms with Crippen molar-refractivity contribution in [2.24, 2.45) is 0 Å². The van der Waals surface area contributed by atoms with Gasteiger partial charge in [-0.25, -0.2) is 13.4 Å². The molecule has 0 spiro atoms. The Bertz CT molecular complexity index is 897. The van der Waals surface area contributed by atoms with Crippen molar-refractivity contribution in [3.05, 3.63) is 36.2 Å². The Morgan fingerprint density at radius 2 is 2.07 bits per heavy atom. The van der Waals surface area contributed by atoms with Crippen molar-refractivity contribution in [2.45, 2.75) is 30.8 Å². The van der Waals surface area contributed by atoms with Crippen LogP contribution >= 0.6 is 0 Å². The van der Waals surface area contributed by atoms with E-state index in [0.29, 0.717) is 39.3 Å². The first-order chi connectivity index (χ1) is 13.4. The highest BCUT2D eigenvalue weighted by Gasteiger charge is 2.24. The summed E-state index contributed by atoms with van der Waals surface area (Å²) in [5.41, 5.74) is 0.844. The van der Waals surface area contributed by atoms with Gasteiger partial charge in [-0.3, -0.25) is 4.90 Å². The van der Waals surface area contributed by atoms with Gasteiger partial charge in [-0.05, 0) is 25.6 Å². The smallest absolute Gasteiger partial charge is 0.227 e. The Balaban J connectivity index is 1.66. The Labute approximate surface area is 165 Å². The predicted octanol–water partition coefficient (Wildman–Crippen LogP) is 1.59. The molecule has 2 heterocycles. The molecule has 1 unspecified atom stereocenters. The quantitative estimate of drug-likeness (QED) is 0.582. The van der Waals surface area contributed by atoms with Crippen LogP contribution in [0.4, 0.5) is 0 Å². The molecule has 28 heavy (non-hydrogen) atoms. The van der Waals surface area contributed by atoms with E-state index in [4.69, 9.17) is 14.2 Å². The fourth-order valence-corrected chi connectivity index (χ4v) is 4.12. The van der Waals surface area contributed by atoms with Crippen LogP contribution in [0.1, 0.15) is 12.1 Å². The first kappa shape index (κ1) is 20.6. The Morgan fingerprint density at radius 1 is 1.32 bits per heavy atom. The lowest BCUT2D eigenvalue weighted by Gasteiger charge is -2.29. The normalized spacial score (nSPS) is 16.5. The Hall–Kier alpha value is -2.10. The zero-order chi connectivity index (χ0) is 20.1. The molecule has 154 valence electrons. The van der Waals surface area contributed by atoms with E-state index in [1.807, 2.05) is 31.3 Å². The van der Waals surface area contributed by atoms with Gasteiger partial charge in [0.25, 0.3) is 0 Å². The number of ether oxygens (including phenoxy) is 3. The fraction of sp³-hybridized carbons (Fsp3) is 0.526. The number of sulfone groups is 1. The van der Waals surface area contributed by atoms with Gasteiger partial charge in [0.1, 0.15) is 12.7 Å². The third-order valence-electron chi connectivity index (χ3n) is 4.48. The highest BCUT2D eigenvalue weighted by Crippen LogP contribution is 2.31. The molecule has 0 radical (unpaired) electrons. The van der Waals surface area contributed by atoms with Crippen molar-refractivity contribution in [3.8, 4) is 11.5 Å². The SMILES string of the molecule is COCCCn1c(CN(C)CC2COc3ccccc3O2)cnc1S(C)(=O)=O. The van der Waals surface area contributed by atoms with E-state index in [-0.39, 0.29) is 11.3 Å². The molecule has 0 bridgehead atoms. The van der Waals surface area contributed by atoms with Crippen LogP contribution in [0.25, 0.3) is 0 Å². The van der Waals surface area contributed by atoms with E-state index in [1.165, 1.54) is 6.26 Å². The first-order valence-corrected chi connectivity index (χ1v) is 11.1. The van der Waals surface area contributed by atoms with Crippen molar-refractivity contribution < 1.29 is 22.6 Å². The molecule has 0 saturated heterocycles. The topological polar surface area (TPSA) is 82.9 Å². The molecule has 3 rings (SSSR count). The fourth-order valence-electron chi connectivity index (χ4n) is 3.26. The average molecular weight is 410 g/mol. The number of hydrogen-bond donors (Lipinski definition) is 0. The van der Waals surface area contributed by atoms with Gasteiger partial charge in [-0.1, -0.05) is 12.1 Å². The third-order valence-corrected chi connectivity index (χ3v) is 5.47. The number of benzene rings is 1. The maximum Gasteiger partial charge on any atom is 0.227 e. The highest BCUT2D eigenvalue weighted by atomic mass is 32.2. The Kier molecular flexibility index (Phi) is 6.58. The minimum absolute atomic E-state index is 0.0955. The molecule has 1 aromatic carbocycles. The summed E-state index contributed by atoms with van der Waals surface area (Å²) in [6, 6.07) is 7.61. The summed E-state index contributed by atoms with van der Waals surface area (Å²) < 4.78 is 42.7. The molecule has 2 aromatic rings. The van der Waals surface area contributed by atoms with E-state index in [2.05, 4.69) is 9.88 Å². The number of nitrogens with zero attached hydrogens (tertiary/aromatic N) is 3. The predicted molar refractivity (Wildman–Crippen MR) is 105 cm³/mol. The lowest BCUT2D eigenvalue weighted by Crippen LogP contribution is -2.39. The number of aromatic nitrogens is 2. The Morgan fingerprint density at radius 3 is 2.79 bits per heavy atom. The van der Waals surface area contributed by atoms with Crippen LogP contribution in [0.2, 0.25) is 0 Å². The van der Waals surface area contributed by atoms with Crippen LogP contribution in [0, 0.1) is 0 Å². The molecule has 1 aliphatic rings. The van der Waals surface area contributed by atoms with Crippen molar-refractivity contribution in [3.63, 3.8) is 0 Å². The third kappa shape index (κ3) is 5.03. The van der Waals surface area contributed by atoms with Crippen LogP contribution in [0.3, 0.4) is 0 Å². The second kappa shape index (κ2) is 8.93. The summed E-state index contributed by atoms with van der Waals surface area (Å²) in [5.74, 6) is 1.51. The number of likely N-dealkylation sites (N-methyl/N-ethyl adjacent to an activating group) is 1. The molecule has 1 aromatic heterocycles. The molecule has 8 nitrogen and oxygen atoms in total. The highest BCUT2D eigenvalue weighted by molar-refractivity contribution is 7.90. The molecule has 0 fully saturated rings. The van der Waals surface area contributed by atoms with E-state index in [0.717, 1.165) is 17.2 Å². The van der Waals surface area contributed by atoms with Gasteiger partial charge in [-0.15, -0.1) is 0 Å². The monoisotopic (exact) mass is 409 g/mol. The summed E-state index contributed by atoms with van der Waals surface area (Å²) in [6.45, 7) is 2.77. The summed E-state index contributed by atoms with van der Waals surface area (Å²) in [4.78, 5) is 6.23. The maximum atomic E-state index is 12.1. The lowest BCUT2D eigenvalue weighted by atomic mass is 10.2. The number of para-hydroxylation sites is 2. The maximum absolute atomic E-state index is 12.1. The van der Waals surface area contributed by atoms with Gasteiger partial charge in [0.05, 0.1) is 11.9 Å². The molecule has 9 heteroatoms. The van der Waals surface area contributed by atoms with Crippen molar-refractivity contribution in [1.82, 2.24) is 14.5 Å². The number of hydrogen-bond acceptors (Lipinski definition) is 7. The summed E-state index contributed by atoms with van der Waals surface area (Å²) >= 11 is 0. The van der Waals surface area contributed by atoms with Gasteiger partial charge in [0, 0.05) is 39.6 Å². The number of methoxy groups -OCH3 is 1. The molecule has 0 N–H and O–H groups in total. The average Bonchev–Trinajstić information content (AvgIpc) is 3.04. The van der Waals surface area contributed by atoms with Crippen LogP contribution in [0.15, 0.2) is 35.6 Å². The number of fused-ring (bicyclic) bond motifs is 1.